The summed E-state index contributed by atoms with van der Waals surface area (Å²) in [5.74, 6) is -0.899. The molecule has 40 heavy (non-hydrogen) atoms. The van der Waals surface area contributed by atoms with Crippen LogP contribution in [0.15, 0.2) is 42.7 Å². The molecular formula is C28H36N2O10. The van der Waals surface area contributed by atoms with Gasteiger partial charge in [0.15, 0.2) is 6.29 Å². The maximum absolute atomic E-state index is 12.8. The summed E-state index contributed by atoms with van der Waals surface area (Å²) in [5.41, 5.74) is 3.38. The minimum Gasteiger partial charge on any atom is -0.495 e. The Morgan fingerprint density at radius 2 is 1.98 bits per heavy atom. The van der Waals surface area contributed by atoms with E-state index in [0.29, 0.717) is 12.0 Å². The molecule has 1 saturated heterocycles. The number of aliphatic hydroxyl groups is 4. The van der Waals surface area contributed by atoms with Crippen LogP contribution >= 0.6 is 0 Å². The van der Waals surface area contributed by atoms with Crippen LogP contribution in [0.25, 0.3) is 10.9 Å². The van der Waals surface area contributed by atoms with Crippen molar-refractivity contribution in [2.24, 2.45) is 11.8 Å². The molecule has 9 atom stereocenters. The molecule has 0 spiro atoms. The molecule has 6 N–H and O–H groups in total. The van der Waals surface area contributed by atoms with Gasteiger partial charge in [0.25, 0.3) is 0 Å². The third kappa shape index (κ3) is 5.00. The number of para-hydroxylation sites is 1. The van der Waals surface area contributed by atoms with Gasteiger partial charge in [0.05, 0.1) is 38.2 Å². The SMILES string of the molecule is C=C[C@H]1[C@H](OC2OC(CO)C(O)C(O)C2O)OC=C(C(=O)OC)[C@H]1C[C@@H]1NCCc2c1[nH]c1c(OC)cccc21. The van der Waals surface area contributed by atoms with E-state index in [4.69, 9.17) is 23.7 Å². The lowest BCUT2D eigenvalue weighted by Gasteiger charge is -2.43. The molecule has 4 heterocycles. The van der Waals surface area contributed by atoms with Crippen LogP contribution in [0.5, 0.6) is 5.75 Å². The van der Waals surface area contributed by atoms with Gasteiger partial charge in [0.1, 0.15) is 30.2 Å². The van der Waals surface area contributed by atoms with Crippen LogP contribution in [-0.2, 0) is 30.2 Å². The van der Waals surface area contributed by atoms with Crippen molar-refractivity contribution in [1.82, 2.24) is 10.3 Å². The zero-order chi connectivity index (χ0) is 28.6. The van der Waals surface area contributed by atoms with Crippen molar-refractivity contribution in [1.29, 1.82) is 0 Å². The van der Waals surface area contributed by atoms with Gasteiger partial charge in [-0.2, -0.15) is 0 Å². The summed E-state index contributed by atoms with van der Waals surface area (Å²) in [6, 6.07) is 5.74. The van der Waals surface area contributed by atoms with Crippen molar-refractivity contribution in [2.75, 3.05) is 27.4 Å². The number of aliphatic hydroxyl groups excluding tert-OH is 4. The molecule has 0 aliphatic carbocycles. The Hall–Kier alpha value is -2.97. The summed E-state index contributed by atoms with van der Waals surface area (Å²) < 4.78 is 27.8. The minimum atomic E-state index is -1.61. The second kappa shape index (κ2) is 11.9. The fourth-order valence-electron chi connectivity index (χ4n) is 5.96. The normalized spacial score (nSPS) is 34.0. The molecule has 218 valence electrons. The second-order valence-corrected chi connectivity index (χ2v) is 10.2. The number of H-pyrrole nitrogens is 1. The number of aromatic nitrogens is 1. The minimum absolute atomic E-state index is 0.174. The summed E-state index contributed by atoms with van der Waals surface area (Å²) >= 11 is 0. The lowest BCUT2D eigenvalue weighted by molar-refractivity contribution is -0.339. The molecule has 3 aliphatic rings. The van der Waals surface area contributed by atoms with E-state index in [1.54, 1.807) is 13.2 Å². The summed E-state index contributed by atoms with van der Waals surface area (Å²) in [4.78, 5) is 16.3. The summed E-state index contributed by atoms with van der Waals surface area (Å²) in [6.45, 7) is 4.08. The van der Waals surface area contributed by atoms with Crippen LogP contribution in [-0.4, -0.2) is 95.7 Å². The van der Waals surface area contributed by atoms with E-state index in [0.717, 1.165) is 35.3 Å². The van der Waals surface area contributed by atoms with Crippen LogP contribution in [0, 0.1) is 11.8 Å². The number of hydrogen-bond acceptors (Lipinski definition) is 11. The summed E-state index contributed by atoms with van der Waals surface area (Å²) in [7, 11) is 2.92. The fourth-order valence-corrected chi connectivity index (χ4v) is 5.96. The van der Waals surface area contributed by atoms with Gasteiger partial charge < -0.3 is 54.4 Å². The Labute approximate surface area is 231 Å². The lowest BCUT2D eigenvalue weighted by atomic mass is 9.78. The molecule has 2 aromatic rings. The molecule has 1 fully saturated rings. The zero-order valence-corrected chi connectivity index (χ0v) is 22.4. The van der Waals surface area contributed by atoms with E-state index in [1.165, 1.54) is 18.9 Å². The molecular weight excluding hydrogens is 524 g/mol. The lowest BCUT2D eigenvalue weighted by Crippen LogP contribution is -2.60. The zero-order valence-electron chi connectivity index (χ0n) is 22.4. The van der Waals surface area contributed by atoms with Gasteiger partial charge in [-0.05, 0) is 31.0 Å². The number of ether oxygens (including phenoxy) is 5. The molecule has 5 rings (SSSR count). The Bertz CT molecular complexity index is 1260. The van der Waals surface area contributed by atoms with E-state index >= 15 is 0 Å². The van der Waals surface area contributed by atoms with Gasteiger partial charge in [-0.1, -0.05) is 18.2 Å². The number of benzene rings is 1. The molecule has 0 radical (unpaired) electrons. The number of rotatable bonds is 8. The number of carbonyl (C=O) groups is 1. The van der Waals surface area contributed by atoms with Crippen LogP contribution < -0.4 is 10.1 Å². The molecule has 3 aliphatic heterocycles. The third-order valence-electron chi connectivity index (χ3n) is 8.08. The van der Waals surface area contributed by atoms with Gasteiger partial charge >= 0.3 is 5.97 Å². The fraction of sp³-hybridized carbons (Fsp3) is 0.536. The quantitative estimate of drug-likeness (QED) is 0.195. The number of carbonyl (C=O) groups excluding carboxylic acids is 1. The maximum atomic E-state index is 12.8. The van der Waals surface area contributed by atoms with E-state index in [9.17, 15) is 25.2 Å². The molecule has 0 saturated carbocycles. The first-order valence-corrected chi connectivity index (χ1v) is 13.3. The number of nitrogens with one attached hydrogen (secondary N) is 2. The second-order valence-electron chi connectivity index (χ2n) is 10.2. The van der Waals surface area contributed by atoms with Crippen molar-refractivity contribution in [3.63, 3.8) is 0 Å². The highest BCUT2D eigenvalue weighted by Crippen LogP contribution is 2.42. The predicted molar refractivity (Wildman–Crippen MR) is 141 cm³/mol. The highest BCUT2D eigenvalue weighted by molar-refractivity contribution is 5.90. The Balaban J connectivity index is 1.44. The Kier molecular flexibility index (Phi) is 8.47. The monoisotopic (exact) mass is 560 g/mol. The molecule has 0 amide bonds. The first-order chi connectivity index (χ1) is 19.3. The van der Waals surface area contributed by atoms with Gasteiger partial charge in [0, 0.05) is 29.0 Å². The number of aromatic amines is 1. The van der Waals surface area contributed by atoms with E-state index in [-0.39, 0.29) is 6.04 Å². The molecule has 12 heteroatoms. The van der Waals surface area contributed by atoms with Crippen LogP contribution in [0.4, 0.5) is 0 Å². The first-order valence-electron chi connectivity index (χ1n) is 13.3. The van der Waals surface area contributed by atoms with Crippen LogP contribution in [0.3, 0.4) is 0 Å². The van der Waals surface area contributed by atoms with Gasteiger partial charge in [-0.25, -0.2) is 4.79 Å². The standard InChI is InChI=1S/C28H36N2O10/c1-4-13-16(10-18-21-15(8-9-29-18)14-6-5-7-19(36-2)22(14)30-21)17(26(35)37-3)12-38-27(13)40-28-25(34)24(33)23(32)20(11-31)39-28/h4-7,12-13,16,18,20,23-25,27-34H,1,8-11H2,2-3H3/t13-,16+,18+,20?,23?,24?,25?,27+,28?/m1/s1. The maximum Gasteiger partial charge on any atom is 0.337 e. The first kappa shape index (κ1) is 28.6. The smallest absolute Gasteiger partial charge is 0.337 e. The Morgan fingerprint density at radius 3 is 2.67 bits per heavy atom. The highest BCUT2D eigenvalue weighted by Gasteiger charge is 2.48. The van der Waals surface area contributed by atoms with Crippen molar-refractivity contribution in [3.05, 3.63) is 53.9 Å². The van der Waals surface area contributed by atoms with Crippen LogP contribution in [0.1, 0.15) is 23.7 Å². The largest absolute Gasteiger partial charge is 0.495 e. The number of fused-ring (bicyclic) bond motifs is 3. The number of hydrogen-bond donors (Lipinski definition) is 6. The van der Waals surface area contributed by atoms with Gasteiger partial charge in [-0.15, -0.1) is 6.58 Å². The summed E-state index contributed by atoms with van der Waals surface area (Å²) in [6.07, 6.45) is -4.23. The van der Waals surface area contributed by atoms with Gasteiger partial charge in [0.2, 0.25) is 6.29 Å². The predicted octanol–water partition coefficient (Wildman–Crippen LogP) is 0.402. The van der Waals surface area contributed by atoms with E-state index < -0.39 is 61.4 Å². The number of methoxy groups -OCH3 is 2. The molecule has 12 nitrogen and oxygen atoms in total. The molecule has 1 aromatic carbocycles. The Morgan fingerprint density at radius 1 is 1.18 bits per heavy atom. The molecule has 5 unspecified atom stereocenters. The van der Waals surface area contributed by atoms with Crippen molar-refractivity contribution in [2.45, 2.75) is 55.9 Å². The average molecular weight is 561 g/mol. The topological polar surface area (TPSA) is 172 Å². The molecule has 1 aromatic heterocycles. The summed E-state index contributed by atoms with van der Waals surface area (Å²) in [5, 5.41) is 45.0. The van der Waals surface area contributed by atoms with Crippen LogP contribution in [0.2, 0.25) is 0 Å². The van der Waals surface area contributed by atoms with Crippen molar-refractivity contribution < 1.29 is 48.9 Å². The molecule has 0 bridgehead atoms. The van der Waals surface area contributed by atoms with E-state index in [1.807, 2.05) is 12.1 Å². The van der Waals surface area contributed by atoms with E-state index in [2.05, 4.69) is 22.9 Å². The van der Waals surface area contributed by atoms with Crippen molar-refractivity contribution >= 4 is 16.9 Å². The number of esters is 1. The highest BCUT2D eigenvalue weighted by atomic mass is 16.8. The average Bonchev–Trinajstić information content (AvgIpc) is 3.37. The van der Waals surface area contributed by atoms with Crippen molar-refractivity contribution in [3.8, 4) is 5.75 Å². The van der Waals surface area contributed by atoms with Gasteiger partial charge in [-0.3, -0.25) is 0 Å². The third-order valence-corrected chi connectivity index (χ3v) is 8.08.